The van der Waals surface area contributed by atoms with Crippen molar-refractivity contribution in [1.82, 2.24) is 0 Å². The number of halogens is 2. The summed E-state index contributed by atoms with van der Waals surface area (Å²) in [6.07, 6.45) is 2.68. The molecule has 0 heterocycles. The van der Waals surface area contributed by atoms with Gasteiger partial charge in [0, 0.05) is 0 Å². The summed E-state index contributed by atoms with van der Waals surface area (Å²) in [6, 6.07) is 18.4. The fourth-order valence-corrected chi connectivity index (χ4v) is 24.8. The molecule has 2 atom stereocenters. The number of hydrogen-bond donors (Lipinski definition) is 0. The molecule has 0 aliphatic heterocycles. The molecule has 4 rings (SSSR count). The molecule has 0 saturated heterocycles. The Morgan fingerprint density at radius 3 is 1.97 bits per heavy atom. The van der Waals surface area contributed by atoms with Crippen molar-refractivity contribution in [2.24, 2.45) is 5.92 Å². The van der Waals surface area contributed by atoms with E-state index in [0.717, 1.165) is 0 Å². The first-order valence-electron chi connectivity index (χ1n) is 10.8. The van der Waals surface area contributed by atoms with Gasteiger partial charge in [0.25, 0.3) is 0 Å². The number of allylic oxidation sites excluding steroid dienone is 5. The first-order valence-corrected chi connectivity index (χ1v) is 19.6. The van der Waals surface area contributed by atoms with Crippen LogP contribution in [-0.4, -0.2) is 5.43 Å². The molecule has 0 N–H and O–H groups in total. The average molecular weight is 549 g/mol. The Balaban J connectivity index is 0.00000171. The summed E-state index contributed by atoms with van der Waals surface area (Å²) < 4.78 is 2.59. The summed E-state index contributed by atoms with van der Waals surface area (Å²) in [5.41, 5.74) is 11.8. The number of fused-ring (bicyclic) bond motifs is 1. The molecule has 0 radical (unpaired) electrons. The molecule has 0 bridgehead atoms. The van der Waals surface area contributed by atoms with Crippen molar-refractivity contribution >= 4 is 35.8 Å². The van der Waals surface area contributed by atoms with Gasteiger partial charge in [0.2, 0.25) is 0 Å². The van der Waals surface area contributed by atoms with E-state index in [1.165, 1.54) is 22.3 Å². The van der Waals surface area contributed by atoms with Crippen LogP contribution in [-0.2, 0) is 20.4 Å². The Bertz CT molecular complexity index is 1120. The Morgan fingerprint density at radius 2 is 1.42 bits per heavy atom. The molecule has 164 valence electrons. The van der Waals surface area contributed by atoms with E-state index in [1.54, 1.807) is 22.3 Å². The summed E-state index contributed by atoms with van der Waals surface area (Å²) in [6.45, 7) is 17.0. The third-order valence-corrected chi connectivity index (χ3v) is 25.6. The fourth-order valence-electron chi connectivity index (χ4n) is 5.13. The van der Waals surface area contributed by atoms with Crippen molar-refractivity contribution in [3.05, 3.63) is 96.9 Å². The monoisotopic (exact) mass is 546 g/mol. The maximum absolute atomic E-state index is 2.68. The van der Waals surface area contributed by atoms with E-state index in [0.29, 0.717) is 9.54 Å². The van der Waals surface area contributed by atoms with Gasteiger partial charge in [-0.3, -0.25) is 0 Å². The van der Waals surface area contributed by atoms with Crippen LogP contribution in [0.1, 0.15) is 53.6 Å². The van der Waals surface area contributed by atoms with Crippen LogP contribution in [0.25, 0.3) is 5.57 Å². The van der Waals surface area contributed by atoms with Gasteiger partial charge in [-0.05, 0) is 0 Å². The first-order chi connectivity index (χ1) is 13.8. The second-order valence-corrected chi connectivity index (χ2v) is 26.4. The normalized spacial score (nSPS) is 19.5. The van der Waals surface area contributed by atoms with E-state index < -0.39 is 20.4 Å². The summed E-state index contributed by atoms with van der Waals surface area (Å²) in [5.74, 6) is 0.660. The topological polar surface area (TPSA) is 0 Å². The number of hydrogen-bond acceptors (Lipinski definition) is 0. The Hall–Kier alpha value is -0.660. The van der Waals surface area contributed by atoms with Gasteiger partial charge in [-0.2, -0.15) is 0 Å². The molecular weight excluding hydrogens is 515 g/mol. The standard InChI is InChI=1S/C16H13.C9H13.C2H6Si.2ClH.Zr/c1-12-6-8-14(9-7-12)16-11-10-13-4-2-3-5-15(13)16;1-6-5-7(2)9(4)8(6)3;1-3-2;;;/h2-11H,1H3;6H,1-4H3;1-2H3;2*1H;. The van der Waals surface area contributed by atoms with Gasteiger partial charge < -0.3 is 0 Å². The van der Waals surface area contributed by atoms with Crippen molar-refractivity contribution < 1.29 is 20.4 Å². The second kappa shape index (κ2) is 10.5. The fraction of sp³-hybridized carbons (Fsp3) is 0.333. The molecule has 0 fully saturated rings. The molecule has 2 aliphatic carbocycles. The second-order valence-electron chi connectivity index (χ2n) is 8.99. The summed E-state index contributed by atoms with van der Waals surface area (Å²) in [7, 11) is 0. The molecule has 0 amide bonds. The largest absolute Gasteiger partial charge is 0.147 e. The Labute approximate surface area is 209 Å². The van der Waals surface area contributed by atoms with Crippen molar-refractivity contribution in [3.8, 4) is 0 Å². The Morgan fingerprint density at radius 1 is 0.806 bits per heavy atom. The van der Waals surface area contributed by atoms with Gasteiger partial charge in [0.05, 0.1) is 0 Å². The maximum atomic E-state index is 2.68. The zero-order chi connectivity index (χ0) is 20.9. The van der Waals surface area contributed by atoms with Crippen molar-refractivity contribution in [2.75, 3.05) is 0 Å². The molecule has 0 saturated carbocycles. The summed E-state index contributed by atoms with van der Waals surface area (Å²) in [5, 5.41) is 0. The third-order valence-electron chi connectivity index (χ3n) is 7.06. The Kier molecular flexibility index (Phi) is 9.02. The van der Waals surface area contributed by atoms with Crippen molar-refractivity contribution in [1.29, 1.82) is 0 Å². The van der Waals surface area contributed by atoms with Crippen LogP contribution in [0.4, 0.5) is 0 Å². The molecule has 2 aliphatic rings. The molecule has 0 nitrogen and oxygen atoms in total. The number of benzene rings is 2. The van der Waals surface area contributed by atoms with E-state index in [9.17, 15) is 0 Å². The summed E-state index contributed by atoms with van der Waals surface area (Å²) >= 11 is -1.89. The number of aryl methyl sites for hydroxylation is 1. The van der Waals surface area contributed by atoms with E-state index in [2.05, 4.69) is 102 Å². The SMILES string of the molecule is CC1=C(C)C(C)[C]([Zr]([CH]2C=C(c3ccc(C)cc3)c3ccccc32)=[Si](C)C)=C1C.Cl.Cl. The third kappa shape index (κ3) is 4.70. The minimum Gasteiger partial charge on any atom is -0.147 e. The first kappa shape index (κ1) is 26.6. The van der Waals surface area contributed by atoms with Crippen LogP contribution in [0.5, 0.6) is 0 Å². The molecule has 31 heavy (non-hydrogen) atoms. The van der Waals surface area contributed by atoms with E-state index >= 15 is 0 Å². The average Bonchev–Trinajstić information content (AvgIpc) is 3.17. The number of rotatable bonds is 3. The smallest absolute Gasteiger partial charge is 0.147 e. The van der Waals surface area contributed by atoms with Crippen LogP contribution in [0.3, 0.4) is 0 Å². The molecular formula is C27H34Cl2SiZr. The van der Waals surface area contributed by atoms with Crippen LogP contribution < -0.4 is 0 Å². The molecule has 0 aromatic heterocycles. The molecule has 2 aromatic carbocycles. The van der Waals surface area contributed by atoms with Crippen molar-refractivity contribution in [3.63, 3.8) is 0 Å². The van der Waals surface area contributed by atoms with E-state index in [1.807, 2.05) is 3.28 Å². The minimum absolute atomic E-state index is 0. The summed E-state index contributed by atoms with van der Waals surface area (Å²) in [4.78, 5) is 0. The van der Waals surface area contributed by atoms with Crippen LogP contribution >= 0.6 is 24.8 Å². The van der Waals surface area contributed by atoms with Gasteiger partial charge in [0.1, 0.15) is 0 Å². The predicted molar refractivity (Wildman–Crippen MR) is 140 cm³/mol. The molecule has 2 unspecified atom stereocenters. The maximum Gasteiger partial charge on any atom is -0.147 e. The van der Waals surface area contributed by atoms with Crippen LogP contribution in [0, 0.1) is 12.8 Å². The van der Waals surface area contributed by atoms with Crippen molar-refractivity contribution in [2.45, 2.75) is 51.3 Å². The van der Waals surface area contributed by atoms with Crippen LogP contribution in [0.2, 0.25) is 13.1 Å². The van der Waals surface area contributed by atoms with Gasteiger partial charge in [-0.15, -0.1) is 24.8 Å². The quantitative estimate of drug-likeness (QED) is 0.338. The van der Waals surface area contributed by atoms with Gasteiger partial charge in [0.15, 0.2) is 0 Å². The van der Waals surface area contributed by atoms with Gasteiger partial charge >= 0.3 is 185 Å². The molecule has 0 spiro atoms. The predicted octanol–water partition coefficient (Wildman–Crippen LogP) is 8.45. The zero-order valence-electron chi connectivity index (χ0n) is 19.7. The van der Waals surface area contributed by atoms with Gasteiger partial charge in [-0.25, -0.2) is 0 Å². The van der Waals surface area contributed by atoms with E-state index in [-0.39, 0.29) is 30.2 Å². The van der Waals surface area contributed by atoms with Gasteiger partial charge in [-0.1, -0.05) is 0 Å². The minimum atomic E-state index is -1.89. The zero-order valence-corrected chi connectivity index (χ0v) is 24.8. The van der Waals surface area contributed by atoms with Crippen LogP contribution in [0.15, 0.2) is 74.6 Å². The van der Waals surface area contributed by atoms with E-state index in [4.69, 9.17) is 0 Å². The molecule has 2 aromatic rings. The molecule has 4 heteroatoms.